The summed E-state index contributed by atoms with van der Waals surface area (Å²) in [5.41, 5.74) is 0.842. The van der Waals surface area contributed by atoms with E-state index in [0.29, 0.717) is 32.3 Å². The predicted octanol–water partition coefficient (Wildman–Crippen LogP) is 4.02. The number of amides is 3. The van der Waals surface area contributed by atoms with Gasteiger partial charge < -0.3 is 10.3 Å². The summed E-state index contributed by atoms with van der Waals surface area (Å²) < 4.78 is 0. The van der Waals surface area contributed by atoms with Crippen molar-refractivity contribution in [2.75, 3.05) is 13.1 Å². The molecule has 0 atom stereocenters. The molecule has 174 valence electrons. The number of fused-ring (bicyclic) bond motifs is 1. The molecule has 2 heterocycles. The Hall–Kier alpha value is -3.14. The van der Waals surface area contributed by atoms with E-state index in [1.807, 2.05) is 0 Å². The number of H-pyrrole nitrogens is 1. The molecule has 0 saturated carbocycles. The highest BCUT2D eigenvalue weighted by molar-refractivity contribution is 8.18. The van der Waals surface area contributed by atoms with Crippen LogP contribution in [0.15, 0.2) is 52.2 Å². The molecular weight excluding hydrogens is 499 g/mol. The number of aromatic amines is 1. The van der Waals surface area contributed by atoms with Gasteiger partial charge in [-0.1, -0.05) is 47.5 Å². The van der Waals surface area contributed by atoms with Crippen LogP contribution in [0.25, 0.3) is 17.0 Å². The van der Waals surface area contributed by atoms with E-state index < -0.39 is 11.1 Å². The highest BCUT2D eigenvalue weighted by Crippen LogP contribution is 2.34. The standard InChI is InChI=1S/C23H18Cl2N4O4S/c24-15-6-3-4-13(20(15)25)12-17-22(32)29(23(33)34-17)11-10-26-19(30)9-8-18-27-16-7-2-1-5-14(16)21(31)28-18/h1-7,12H,8-11H2,(H,26,30)(H,27,28,31)/b17-12+. The number of nitrogens with one attached hydrogen (secondary N) is 2. The molecule has 1 saturated heterocycles. The zero-order valence-electron chi connectivity index (χ0n) is 17.6. The van der Waals surface area contributed by atoms with Crippen LogP contribution in [0.2, 0.25) is 10.0 Å². The number of nitrogens with zero attached hydrogens (tertiary/aromatic N) is 2. The topological polar surface area (TPSA) is 112 Å². The Labute approximate surface area is 208 Å². The number of carbonyl (C=O) groups excluding carboxylic acids is 3. The number of hydrogen-bond donors (Lipinski definition) is 2. The lowest BCUT2D eigenvalue weighted by atomic mass is 10.2. The van der Waals surface area contributed by atoms with E-state index in [1.165, 1.54) is 6.08 Å². The maximum atomic E-state index is 12.6. The van der Waals surface area contributed by atoms with Gasteiger partial charge in [0.2, 0.25) is 5.91 Å². The van der Waals surface area contributed by atoms with Crippen molar-refractivity contribution < 1.29 is 14.4 Å². The second kappa shape index (κ2) is 10.4. The average molecular weight is 517 g/mol. The van der Waals surface area contributed by atoms with E-state index >= 15 is 0 Å². The SMILES string of the molecule is O=C(CCc1nc2ccccc2c(=O)[nH]1)NCCN1C(=O)S/C(=C/c2cccc(Cl)c2Cl)C1=O. The number of para-hydroxylation sites is 1. The van der Waals surface area contributed by atoms with E-state index in [-0.39, 0.29) is 42.3 Å². The minimum atomic E-state index is -0.460. The number of rotatable bonds is 7. The molecule has 11 heteroatoms. The fraction of sp³-hybridized carbons (Fsp3) is 0.174. The van der Waals surface area contributed by atoms with E-state index in [0.717, 1.165) is 16.7 Å². The molecule has 1 aliphatic rings. The van der Waals surface area contributed by atoms with Crippen molar-refractivity contribution in [2.24, 2.45) is 0 Å². The van der Waals surface area contributed by atoms with Gasteiger partial charge in [0.05, 0.1) is 25.9 Å². The third kappa shape index (κ3) is 5.32. The number of thioether (sulfide) groups is 1. The number of aromatic nitrogens is 2. The van der Waals surface area contributed by atoms with Crippen molar-refractivity contribution in [3.8, 4) is 0 Å². The Balaban J connectivity index is 1.30. The predicted molar refractivity (Wildman–Crippen MR) is 133 cm³/mol. The monoisotopic (exact) mass is 516 g/mol. The zero-order chi connectivity index (χ0) is 24.2. The summed E-state index contributed by atoms with van der Waals surface area (Å²) in [6, 6.07) is 12.0. The van der Waals surface area contributed by atoms with E-state index in [2.05, 4.69) is 15.3 Å². The van der Waals surface area contributed by atoms with Crippen molar-refractivity contribution in [3.05, 3.63) is 79.2 Å². The lowest BCUT2D eigenvalue weighted by Gasteiger charge is -2.13. The molecule has 1 aliphatic heterocycles. The molecule has 0 aliphatic carbocycles. The third-order valence-electron chi connectivity index (χ3n) is 5.05. The second-order valence-corrected chi connectivity index (χ2v) is 9.13. The number of benzene rings is 2. The van der Waals surface area contributed by atoms with Crippen LogP contribution >= 0.6 is 35.0 Å². The fourth-order valence-electron chi connectivity index (χ4n) is 3.35. The summed E-state index contributed by atoms with van der Waals surface area (Å²) in [6.45, 7) is 0.131. The van der Waals surface area contributed by atoms with Gasteiger partial charge in [0.25, 0.3) is 16.7 Å². The normalized spacial score (nSPS) is 14.9. The highest BCUT2D eigenvalue weighted by atomic mass is 35.5. The Morgan fingerprint density at radius 3 is 2.74 bits per heavy atom. The lowest BCUT2D eigenvalue weighted by molar-refractivity contribution is -0.124. The van der Waals surface area contributed by atoms with E-state index in [9.17, 15) is 19.2 Å². The third-order valence-corrected chi connectivity index (χ3v) is 6.79. The molecule has 0 bridgehead atoms. The molecule has 4 rings (SSSR count). The molecule has 3 aromatic rings. The molecule has 2 aromatic carbocycles. The first kappa shape index (κ1) is 24.0. The highest BCUT2D eigenvalue weighted by Gasteiger charge is 2.34. The van der Waals surface area contributed by atoms with Crippen LogP contribution in [0.3, 0.4) is 0 Å². The van der Waals surface area contributed by atoms with E-state index in [1.54, 1.807) is 42.5 Å². The Morgan fingerprint density at radius 1 is 1.12 bits per heavy atom. The van der Waals surface area contributed by atoms with Crippen LogP contribution in [0.4, 0.5) is 4.79 Å². The summed E-state index contributed by atoms with van der Waals surface area (Å²) >= 11 is 13.0. The minimum absolute atomic E-state index is 0.0298. The summed E-state index contributed by atoms with van der Waals surface area (Å²) in [5, 5.41) is 3.38. The Kier molecular flexibility index (Phi) is 7.35. The molecule has 3 amide bonds. The second-order valence-electron chi connectivity index (χ2n) is 7.36. The molecule has 34 heavy (non-hydrogen) atoms. The van der Waals surface area contributed by atoms with Crippen LogP contribution in [0.5, 0.6) is 0 Å². The van der Waals surface area contributed by atoms with Gasteiger partial charge in [-0.25, -0.2) is 4.98 Å². The van der Waals surface area contributed by atoms with Crippen molar-refractivity contribution in [2.45, 2.75) is 12.8 Å². The zero-order valence-corrected chi connectivity index (χ0v) is 20.0. The first-order valence-corrected chi connectivity index (χ1v) is 11.8. The molecule has 0 radical (unpaired) electrons. The van der Waals surface area contributed by atoms with E-state index in [4.69, 9.17) is 23.2 Å². The fourth-order valence-corrected chi connectivity index (χ4v) is 4.56. The van der Waals surface area contributed by atoms with Crippen molar-refractivity contribution >= 4 is 69.0 Å². The van der Waals surface area contributed by atoms with Gasteiger partial charge in [0.15, 0.2) is 0 Å². The number of imide groups is 1. The Morgan fingerprint density at radius 2 is 1.91 bits per heavy atom. The number of carbonyl (C=O) groups is 3. The molecule has 2 N–H and O–H groups in total. The van der Waals surface area contributed by atoms with Crippen LogP contribution in [-0.2, 0) is 16.0 Å². The van der Waals surface area contributed by atoms with Crippen LogP contribution in [-0.4, -0.2) is 45.0 Å². The maximum Gasteiger partial charge on any atom is 0.293 e. The van der Waals surface area contributed by atoms with Gasteiger partial charge in [-0.05, 0) is 41.6 Å². The van der Waals surface area contributed by atoms with Gasteiger partial charge in [-0.2, -0.15) is 0 Å². The average Bonchev–Trinajstić information content (AvgIpc) is 3.08. The molecule has 1 fully saturated rings. The van der Waals surface area contributed by atoms with Gasteiger partial charge in [0, 0.05) is 25.9 Å². The van der Waals surface area contributed by atoms with Gasteiger partial charge in [0.1, 0.15) is 5.82 Å². The molecule has 0 unspecified atom stereocenters. The summed E-state index contributed by atoms with van der Waals surface area (Å²) in [6.07, 6.45) is 1.86. The van der Waals surface area contributed by atoms with Crippen molar-refractivity contribution in [1.82, 2.24) is 20.2 Å². The van der Waals surface area contributed by atoms with Gasteiger partial charge >= 0.3 is 0 Å². The smallest absolute Gasteiger partial charge is 0.293 e. The van der Waals surface area contributed by atoms with Gasteiger partial charge in [-0.3, -0.25) is 24.1 Å². The summed E-state index contributed by atoms with van der Waals surface area (Å²) in [7, 11) is 0. The number of aryl methyl sites for hydroxylation is 1. The molecule has 1 aromatic heterocycles. The van der Waals surface area contributed by atoms with Crippen molar-refractivity contribution in [1.29, 1.82) is 0 Å². The number of hydrogen-bond acceptors (Lipinski definition) is 6. The van der Waals surface area contributed by atoms with Crippen LogP contribution < -0.4 is 10.9 Å². The maximum absolute atomic E-state index is 12.6. The lowest BCUT2D eigenvalue weighted by Crippen LogP contribution is -2.37. The van der Waals surface area contributed by atoms with Crippen molar-refractivity contribution in [3.63, 3.8) is 0 Å². The number of halogens is 2. The molecule has 8 nitrogen and oxygen atoms in total. The Bertz CT molecular complexity index is 1390. The van der Waals surface area contributed by atoms with Gasteiger partial charge in [-0.15, -0.1) is 0 Å². The quantitative estimate of drug-likeness (QED) is 0.458. The molecule has 0 spiro atoms. The first-order valence-electron chi connectivity index (χ1n) is 10.3. The van der Waals surface area contributed by atoms with Crippen LogP contribution in [0, 0.1) is 0 Å². The largest absolute Gasteiger partial charge is 0.354 e. The minimum Gasteiger partial charge on any atom is -0.354 e. The summed E-state index contributed by atoms with van der Waals surface area (Å²) in [5.74, 6) is -0.336. The van der Waals surface area contributed by atoms with Crippen LogP contribution in [0.1, 0.15) is 17.8 Å². The molecular formula is C23H18Cl2N4O4S. The first-order chi connectivity index (χ1) is 16.3. The summed E-state index contributed by atoms with van der Waals surface area (Å²) in [4.78, 5) is 57.6.